The largest absolute Gasteiger partial charge is 0.0839 e. The number of alkyl halides is 1. The van der Waals surface area contributed by atoms with E-state index in [-0.39, 0.29) is 0 Å². The summed E-state index contributed by atoms with van der Waals surface area (Å²) in [4.78, 5) is 0.480. The van der Waals surface area contributed by atoms with Gasteiger partial charge in [-0.3, -0.25) is 0 Å². The smallest absolute Gasteiger partial charge is 0.0397 e. The van der Waals surface area contributed by atoms with Crippen LogP contribution in [0.25, 0.3) is 0 Å². The molecule has 1 aromatic carbocycles. The molecule has 0 spiro atoms. The van der Waals surface area contributed by atoms with Gasteiger partial charge in [0.05, 0.1) is 0 Å². The lowest BCUT2D eigenvalue weighted by atomic mass is 9.63. The maximum absolute atomic E-state index is 3.88. The lowest BCUT2D eigenvalue weighted by molar-refractivity contribution is 0.331. The second-order valence-corrected chi connectivity index (χ2v) is 9.28. The minimum atomic E-state index is 0.311. The van der Waals surface area contributed by atoms with Crippen molar-refractivity contribution in [2.45, 2.75) is 76.5 Å². The molecule has 0 aliphatic heterocycles. The van der Waals surface area contributed by atoms with Crippen molar-refractivity contribution in [1.82, 2.24) is 0 Å². The number of benzene rings is 1. The molecule has 1 heteroatoms. The summed E-state index contributed by atoms with van der Waals surface area (Å²) >= 11 is 3.88. The Morgan fingerprint density at radius 1 is 1.00 bits per heavy atom. The van der Waals surface area contributed by atoms with Gasteiger partial charge < -0.3 is 0 Å². The van der Waals surface area contributed by atoms with Gasteiger partial charge in [0.25, 0.3) is 0 Å². The van der Waals surface area contributed by atoms with E-state index in [2.05, 4.69) is 75.7 Å². The topological polar surface area (TPSA) is 0 Å². The maximum Gasteiger partial charge on any atom is 0.0397 e. The van der Waals surface area contributed by atoms with Crippen molar-refractivity contribution in [3.63, 3.8) is 0 Å². The van der Waals surface area contributed by atoms with Gasteiger partial charge in [0.1, 0.15) is 0 Å². The fourth-order valence-electron chi connectivity index (χ4n) is 3.35. The molecule has 1 aliphatic carbocycles. The second kappa shape index (κ2) is 5.48. The van der Waals surface area contributed by atoms with E-state index in [4.69, 9.17) is 0 Å². The number of halogens is 1. The summed E-state index contributed by atoms with van der Waals surface area (Å²) in [6.07, 6.45) is 3.77. The van der Waals surface area contributed by atoms with Crippen molar-refractivity contribution in [2.75, 3.05) is 0 Å². The Balaban J connectivity index is 2.43. The molecule has 2 rings (SSSR count). The quantitative estimate of drug-likeness (QED) is 0.551. The minimum Gasteiger partial charge on any atom is -0.0839 e. The third kappa shape index (κ3) is 3.13. The average molecular weight is 337 g/mol. The van der Waals surface area contributed by atoms with Crippen molar-refractivity contribution >= 4 is 15.9 Å². The van der Waals surface area contributed by atoms with Crippen molar-refractivity contribution in [1.29, 1.82) is 0 Å². The average Bonchev–Trinajstić information content (AvgIpc) is 2.34. The van der Waals surface area contributed by atoms with Crippen molar-refractivity contribution in [2.24, 2.45) is 5.92 Å². The van der Waals surface area contributed by atoms with Crippen LogP contribution >= 0.6 is 15.9 Å². The lowest BCUT2D eigenvalue weighted by Gasteiger charge is -2.42. The van der Waals surface area contributed by atoms with Gasteiger partial charge in [-0.05, 0) is 52.7 Å². The summed E-state index contributed by atoms with van der Waals surface area (Å²) in [6.45, 7) is 14.2. The van der Waals surface area contributed by atoms with E-state index in [0.29, 0.717) is 15.7 Å². The van der Waals surface area contributed by atoms with E-state index in [0.717, 1.165) is 5.92 Å². The zero-order chi connectivity index (χ0) is 15.1. The summed E-state index contributed by atoms with van der Waals surface area (Å²) in [5.41, 5.74) is 5.21. The SMILES string of the molecule is CC(C)CC(Br)c1ccc2c(c1)C(C)(C)CCC2(C)C. The standard InChI is InChI=1S/C19H29Br/c1-13(2)11-17(20)14-7-8-15-16(12-14)19(5,6)10-9-18(15,3)4/h7-8,12-13,17H,9-11H2,1-6H3. The van der Waals surface area contributed by atoms with Gasteiger partial charge in [-0.25, -0.2) is 0 Å². The first-order valence-corrected chi connectivity index (χ1v) is 8.84. The molecule has 0 fully saturated rings. The van der Waals surface area contributed by atoms with Gasteiger partial charge in [-0.15, -0.1) is 0 Å². The van der Waals surface area contributed by atoms with E-state index < -0.39 is 0 Å². The maximum atomic E-state index is 3.88. The first kappa shape index (κ1) is 16.1. The monoisotopic (exact) mass is 336 g/mol. The van der Waals surface area contributed by atoms with Crippen LogP contribution in [0, 0.1) is 5.92 Å². The second-order valence-electron chi connectivity index (χ2n) is 8.17. The lowest BCUT2D eigenvalue weighted by Crippen LogP contribution is -2.33. The number of rotatable bonds is 3. The fraction of sp³-hybridized carbons (Fsp3) is 0.684. The van der Waals surface area contributed by atoms with Gasteiger partial charge in [0.15, 0.2) is 0 Å². The first-order chi connectivity index (χ1) is 9.13. The van der Waals surface area contributed by atoms with Crippen LogP contribution < -0.4 is 0 Å². The highest BCUT2D eigenvalue weighted by molar-refractivity contribution is 9.09. The predicted molar refractivity (Wildman–Crippen MR) is 92.9 cm³/mol. The summed E-state index contributed by atoms with van der Waals surface area (Å²) < 4.78 is 0. The molecular weight excluding hydrogens is 308 g/mol. The normalized spacial score (nSPS) is 21.6. The summed E-state index contributed by atoms with van der Waals surface area (Å²) in [7, 11) is 0. The van der Waals surface area contributed by atoms with Crippen LogP contribution in [-0.4, -0.2) is 0 Å². The molecule has 1 aromatic rings. The molecule has 0 heterocycles. The minimum absolute atomic E-state index is 0.311. The highest BCUT2D eigenvalue weighted by atomic mass is 79.9. The van der Waals surface area contributed by atoms with E-state index >= 15 is 0 Å². The van der Waals surface area contributed by atoms with E-state index in [1.165, 1.54) is 24.8 Å². The fourth-order valence-corrected chi connectivity index (χ4v) is 4.38. The van der Waals surface area contributed by atoms with Crippen LogP contribution in [0.1, 0.15) is 82.3 Å². The molecule has 1 aliphatic rings. The van der Waals surface area contributed by atoms with Gasteiger partial charge in [0.2, 0.25) is 0 Å². The number of hydrogen-bond acceptors (Lipinski definition) is 0. The molecule has 20 heavy (non-hydrogen) atoms. The van der Waals surface area contributed by atoms with Crippen LogP contribution in [0.5, 0.6) is 0 Å². The first-order valence-electron chi connectivity index (χ1n) is 7.92. The van der Waals surface area contributed by atoms with Crippen LogP contribution in [-0.2, 0) is 10.8 Å². The summed E-state index contributed by atoms with van der Waals surface area (Å²) in [5, 5.41) is 0. The molecule has 0 saturated carbocycles. The van der Waals surface area contributed by atoms with E-state index in [1.807, 2.05) is 0 Å². The molecule has 0 bridgehead atoms. The van der Waals surface area contributed by atoms with Crippen LogP contribution in [0.4, 0.5) is 0 Å². The molecule has 0 aromatic heterocycles. The third-order valence-corrected chi connectivity index (χ3v) is 5.82. The van der Waals surface area contributed by atoms with Gasteiger partial charge >= 0.3 is 0 Å². The Kier molecular flexibility index (Phi) is 4.40. The molecule has 112 valence electrons. The van der Waals surface area contributed by atoms with Crippen LogP contribution in [0.15, 0.2) is 18.2 Å². The Bertz CT molecular complexity index is 483. The van der Waals surface area contributed by atoms with E-state index in [1.54, 1.807) is 11.1 Å². The molecule has 0 amide bonds. The molecule has 0 N–H and O–H groups in total. The van der Waals surface area contributed by atoms with Gasteiger partial charge in [0, 0.05) is 4.83 Å². The third-order valence-electron chi connectivity index (χ3n) is 4.92. The Hall–Kier alpha value is -0.300. The van der Waals surface area contributed by atoms with Crippen molar-refractivity contribution in [3.05, 3.63) is 34.9 Å². The number of fused-ring (bicyclic) bond motifs is 1. The van der Waals surface area contributed by atoms with Crippen LogP contribution in [0.3, 0.4) is 0 Å². The Labute approximate surface area is 133 Å². The highest BCUT2D eigenvalue weighted by Gasteiger charge is 2.37. The predicted octanol–water partition coefficient (Wildman–Crippen LogP) is 6.52. The summed E-state index contributed by atoms with van der Waals surface area (Å²) in [5.74, 6) is 0.722. The van der Waals surface area contributed by atoms with Gasteiger partial charge in [-0.2, -0.15) is 0 Å². The molecule has 0 nitrogen and oxygen atoms in total. The van der Waals surface area contributed by atoms with Crippen molar-refractivity contribution < 1.29 is 0 Å². The zero-order valence-corrected chi connectivity index (χ0v) is 15.5. The molecule has 0 radical (unpaired) electrons. The summed E-state index contributed by atoms with van der Waals surface area (Å²) in [6, 6.07) is 7.20. The Morgan fingerprint density at radius 3 is 2.10 bits per heavy atom. The van der Waals surface area contributed by atoms with Gasteiger partial charge in [-0.1, -0.05) is 75.7 Å². The van der Waals surface area contributed by atoms with E-state index in [9.17, 15) is 0 Å². The van der Waals surface area contributed by atoms with Crippen molar-refractivity contribution in [3.8, 4) is 0 Å². The highest BCUT2D eigenvalue weighted by Crippen LogP contribution is 2.47. The molecule has 0 saturated heterocycles. The molecule has 1 unspecified atom stereocenters. The molecule has 1 atom stereocenters. The Morgan fingerprint density at radius 2 is 1.55 bits per heavy atom. The number of hydrogen-bond donors (Lipinski definition) is 0. The van der Waals surface area contributed by atoms with Crippen LogP contribution in [0.2, 0.25) is 0 Å². The zero-order valence-electron chi connectivity index (χ0n) is 13.9. The molecular formula is C19H29Br.